The maximum atomic E-state index is 12.6. The van der Waals surface area contributed by atoms with Gasteiger partial charge in [-0.25, -0.2) is 4.57 Å². The minimum atomic E-state index is -4.62. The first-order valence-electron chi connectivity index (χ1n) is 22.1. The lowest BCUT2D eigenvalue weighted by Gasteiger charge is -2.20. The maximum absolute atomic E-state index is 12.6. The average Bonchev–Trinajstić information content (AvgIpc) is 3.19. The number of hydrogen-bond donors (Lipinski definition) is 3. The molecule has 0 aliphatic heterocycles. The number of phosphoric acid groups is 1. The minimum Gasteiger partial charge on any atom is -0.462 e. The van der Waals surface area contributed by atoms with Gasteiger partial charge in [-0.05, 0) is 51.4 Å². The van der Waals surface area contributed by atoms with Crippen molar-refractivity contribution >= 4 is 19.8 Å². The van der Waals surface area contributed by atoms with Crippen LogP contribution >= 0.6 is 7.82 Å². The van der Waals surface area contributed by atoms with E-state index in [0.717, 1.165) is 83.5 Å². The van der Waals surface area contributed by atoms with Gasteiger partial charge in [0.05, 0.1) is 19.8 Å². The highest BCUT2D eigenvalue weighted by Gasteiger charge is 2.27. The van der Waals surface area contributed by atoms with Gasteiger partial charge in [-0.3, -0.25) is 18.6 Å². The van der Waals surface area contributed by atoms with E-state index in [2.05, 4.69) is 67.0 Å². The number of unbranched alkanes of at least 4 members (excludes halogenated alkanes) is 19. The summed E-state index contributed by atoms with van der Waals surface area (Å²) < 4.78 is 32.7. The smallest absolute Gasteiger partial charge is 0.462 e. The number of hydrogen-bond acceptors (Lipinski definition) is 9. The Morgan fingerprint density at radius 3 is 1.48 bits per heavy atom. The van der Waals surface area contributed by atoms with Crippen LogP contribution in [0.1, 0.15) is 187 Å². The van der Waals surface area contributed by atoms with Gasteiger partial charge in [0, 0.05) is 12.8 Å². The second-order valence-corrected chi connectivity index (χ2v) is 16.2. The molecule has 0 aromatic rings. The van der Waals surface area contributed by atoms with Crippen molar-refractivity contribution in [2.75, 3.05) is 26.4 Å². The Labute approximate surface area is 341 Å². The summed E-state index contributed by atoms with van der Waals surface area (Å²) in [6.45, 7) is 2.26. The Kier molecular flexibility index (Phi) is 39.6. The van der Waals surface area contributed by atoms with Crippen LogP contribution in [-0.2, 0) is 32.7 Å². The zero-order chi connectivity index (χ0) is 41.2. The summed E-state index contributed by atoms with van der Waals surface area (Å²) in [6, 6.07) is 0. The maximum Gasteiger partial charge on any atom is 0.472 e. The van der Waals surface area contributed by atoms with E-state index in [1.165, 1.54) is 64.2 Å². The summed E-state index contributed by atoms with van der Waals surface area (Å²) in [5.41, 5.74) is 0. The molecule has 0 aromatic heterocycles. The Bertz CT molecular complexity index is 1070. The summed E-state index contributed by atoms with van der Waals surface area (Å²) >= 11 is 0. The molecule has 0 aliphatic rings. The zero-order valence-corrected chi connectivity index (χ0v) is 36.2. The van der Waals surface area contributed by atoms with Gasteiger partial charge in [-0.1, -0.05) is 172 Å². The molecule has 0 saturated heterocycles. The standard InChI is InChI=1S/C45H81O10P/c1-3-5-7-9-11-13-15-17-19-20-21-22-23-25-27-29-31-33-35-37-45(49)55-43(41-54-56(50,51)53-39-42(47)38-46)40-52-44(48)36-34-32-30-28-26-24-18-16-14-12-10-8-6-4-2/h5,7,11,13,17,19,21-22,42-43,46-47H,3-4,6,8-10,12,14-16,18,20,23-41H2,1-2H3,(H,50,51)/b7-5-,13-11-,19-17-,22-21-. The summed E-state index contributed by atoms with van der Waals surface area (Å²) in [4.78, 5) is 35.0. The van der Waals surface area contributed by atoms with Crippen molar-refractivity contribution in [3.05, 3.63) is 48.6 Å². The number of rotatable bonds is 41. The second-order valence-electron chi connectivity index (χ2n) is 14.7. The van der Waals surface area contributed by atoms with E-state index >= 15 is 0 Å². The molecule has 56 heavy (non-hydrogen) atoms. The summed E-state index contributed by atoms with van der Waals surface area (Å²) in [6.07, 6.45) is 43.6. The third-order valence-electron chi connectivity index (χ3n) is 9.25. The van der Waals surface area contributed by atoms with Crippen molar-refractivity contribution < 1.29 is 47.8 Å². The molecule has 0 bridgehead atoms. The highest BCUT2D eigenvalue weighted by molar-refractivity contribution is 7.47. The van der Waals surface area contributed by atoms with Crippen LogP contribution in [0.5, 0.6) is 0 Å². The Morgan fingerprint density at radius 1 is 0.554 bits per heavy atom. The van der Waals surface area contributed by atoms with Crippen LogP contribution < -0.4 is 0 Å². The average molecular weight is 813 g/mol. The van der Waals surface area contributed by atoms with Crippen molar-refractivity contribution in [1.82, 2.24) is 0 Å². The largest absolute Gasteiger partial charge is 0.472 e. The molecular weight excluding hydrogens is 731 g/mol. The Morgan fingerprint density at radius 2 is 0.982 bits per heavy atom. The van der Waals surface area contributed by atoms with Crippen LogP contribution in [-0.4, -0.2) is 65.7 Å². The first kappa shape index (κ1) is 53.9. The van der Waals surface area contributed by atoms with E-state index in [1.54, 1.807) is 0 Å². The third kappa shape index (κ3) is 40.1. The Hall–Kier alpha value is -2.07. The molecule has 0 aliphatic carbocycles. The molecule has 0 heterocycles. The van der Waals surface area contributed by atoms with E-state index in [1.807, 2.05) is 0 Å². The van der Waals surface area contributed by atoms with E-state index in [0.29, 0.717) is 12.8 Å². The number of esters is 2. The number of carbonyl (C=O) groups is 2. The Balaban J connectivity index is 4.30. The van der Waals surface area contributed by atoms with E-state index in [-0.39, 0.29) is 19.4 Å². The molecule has 11 heteroatoms. The van der Waals surface area contributed by atoms with Gasteiger partial charge in [-0.15, -0.1) is 0 Å². The van der Waals surface area contributed by atoms with Crippen LogP contribution in [0.25, 0.3) is 0 Å². The molecule has 0 rings (SSSR count). The van der Waals surface area contributed by atoms with Crippen LogP contribution in [0.15, 0.2) is 48.6 Å². The SMILES string of the molecule is CC/C=C\C/C=C\C/C=C\C/C=C\CCCCCCCCC(=O)OC(COC(=O)CCCCCCCCCCCCCCCC)COP(=O)(O)OCC(O)CO. The number of phosphoric ester groups is 1. The fourth-order valence-corrected chi connectivity index (χ4v) is 6.66. The van der Waals surface area contributed by atoms with Gasteiger partial charge < -0.3 is 24.6 Å². The predicted octanol–water partition coefficient (Wildman–Crippen LogP) is 11.7. The molecule has 10 nitrogen and oxygen atoms in total. The zero-order valence-electron chi connectivity index (χ0n) is 35.3. The van der Waals surface area contributed by atoms with Gasteiger partial charge >= 0.3 is 19.8 Å². The molecule has 3 unspecified atom stereocenters. The number of allylic oxidation sites excluding steroid dienone is 8. The topological polar surface area (TPSA) is 149 Å². The molecule has 0 amide bonds. The summed E-state index contributed by atoms with van der Waals surface area (Å²) in [5, 5.41) is 18.3. The number of carbonyl (C=O) groups excluding carboxylic acids is 2. The van der Waals surface area contributed by atoms with Crippen molar-refractivity contribution in [2.24, 2.45) is 0 Å². The van der Waals surface area contributed by atoms with Crippen molar-refractivity contribution in [3.63, 3.8) is 0 Å². The second kappa shape index (κ2) is 41.1. The van der Waals surface area contributed by atoms with Crippen LogP contribution in [0.4, 0.5) is 0 Å². The van der Waals surface area contributed by atoms with Crippen molar-refractivity contribution in [3.8, 4) is 0 Å². The summed E-state index contributed by atoms with van der Waals surface area (Å²) in [7, 11) is -4.62. The molecule has 0 radical (unpaired) electrons. The molecule has 3 atom stereocenters. The van der Waals surface area contributed by atoms with Gasteiger partial charge in [0.1, 0.15) is 12.7 Å². The number of aliphatic hydroxyl groups excluding tert-OH is 2. The van der Waals surface area contributed by atoms with Crippen LogP contribution in [0, 0.1) is 0 Å². The molecule has 0 saturated carbocycles. The molecule has 3 N–H and O–H groups in total. The normalized spacial score (nSPS) is 14.3. The number of aliphatic hydroxyl groups is 2. The minimum absolute atomic E-state index is 0.168. The highest BCUT2D eigenvalue weighted by Crippen LogP contribution is 2.43. The molecule has 0 fully saturated rings. The van der Waals surface area contributed by atoms with Gasteiger partial charge in [0.2, 0.25) is 0 Å². The molecule has 326 valence electrons. The molecular formula is C45H81O10P. The van der Waals surface area contributed by atoms with Crippen LogP contribution in [0.2, 0.25) is 0 Å². The highest BCUT2D eigenvalue weighted by atomic mass is 31.2. The quantitative estimate of drug-likeness (QED) is 0.0236. The van der Waals surface area contributed by atoms with E-state index in [9.17, 15) is 24.2 Å². The number of ether oxygens (including phenoxy) is 2. The van der Waals surface area contributed by atoms with E-state index in [4.69, 9.17) is 19.1 Å². The molecule has 0 aromatic carbocycles. The van der Waals surface area contributed by atoms with Gasteiger partial charge in [0.25, 0.3) is 0 Å². The van der Waals surface area contributed by atoms with Gasteiger partial charge in [0.15, 0.2) is 6.10 Å². The first-order valence-corrected chi connectivity index (χ1v) is 23.6. The van der Waals surface area contributed by atoms with Crippen molar-refractivity contribution in [2.45, 2.75) is 199 Å². The lowest BCUT2D eigenvalue weighted by molar-refractivity contribution is -0.161. The summed E-state index contributed by atoms with van der Waals surface area (Å²) in [5.74, 6) is -0.938. The fourth-order valence-electron chi connectivity index (χ4n) is 5.87. The fraction of sp³-hybridized carbons (Fsp3) is 0.778. The monoisotopic (exact) mass is 813 g/mol. The van der Waals surface area contributed by atoms with E-state index < -0.39 is 51.8 Å². The van der Waals surface area contributed by atoms with Crippen LogP contribution in [0.3, 0.4) is 0 Å². The third-order valence-corrected chi connectivity index (χ3v) is 10.2. The van der Waals surface area contributed by atoms with Gasteiger partial charge in [-0.2, -0.15) is 0 Å². The van der Waals surface area contributed by atoms with Crippen molar-refractivity contribution in [1.29, 1.82) is 0 Å². The lowest BCUT2D eigenvalue weighted by Crippen LogP contribution is -2.29. The first-order chi connectivity index (χ1) is 27.2. The lowest BCUT2D eigenvalue weighted by atomic mass is 10.0. The molecule has 0 spiro atoms. The predicted molar refractivity (Wildman–Crippen MR) is 228 cm³/mol.